The normalized spacial score (nSPS) is 22.4. The Morgan fingerprint density at radius 3 is 2.68 bits per heavy atom. The van der Waals surface area contributed by atoms with Crippen molar-refractivity contribution in [3.05, 3.63) is 60.2 Å². The summed E-state index contributed by atoms with van der Waals surface area (Å²) in [7, 11) is 1.73. The first-order valence-corrected chi connectivity index (χ1v) is 10.5. The van der Waals surface area contributed by atoms with Crippen molar-refractivity contribution in [2.24, 2.45) is 0 Å². The molecule has 0 saturated carbocycles. The summed E-state index contributed by atoms with van der Waals surface area (Å²) in [6, 6.07) is 11.2. The molecule has 2 unspecified atom stereocenters. The van der Waals surface area contributed by atoms with Crippen LogP contribution in [0.2, 0.25) is 0 Å². The Balaban J connectivity index is 1.26. The van der Waals surface area contributed by atoms with Gasteiger partial charge in [-0.1, -0.05) is 30.3 Å². The molecule has 2 saturated heterocycles. The van der Waals surface area contributed by atoms with E-state index in [-0.39, 0.29) is 30.8 Å². The number of amides is 2. The number of aromatic nitrogens is 2. The lowest BCUT2D eigenvalue weighted by Gasteiger charge is -2.40. The minimum absolute atomic E-state index is 0.00529. The molecule has 0 bridgehead atoms. The number of nitrogens with one attached hydrogen (secondary N) is 1. The monoisotopic (exact) mass is 425 g/mol. The van der Waals surface area contributed by atoms with Crippen molar-refractivity contribution in [3.63, 3.8) is 0 Å². The molecule has 9 heteroatoms. The molecule has 9 nitrogen and oxygen atoms in total. The third-order valence-electron chi connectivity index (χ3n) is 5.66. The van der Waals surface area contributed by atoms with Gasteiger partial charge in [-0.3, -0.25) is 10.1 Å². The van der Waals surface area contributed by atoms with Gasteiger partial charge in [-0.15, -0.1) is 0 Å². The number of nitrogens with zero attached hydrogens (tertiary/aromatic N) is 4. The maximum absolute atomic E-state index is 12.5. The van der Waals surface area contributed by atoms with Crippen molar-refractivity contribution in [3.8, 4) is 0 Å². The van der Waals surface area contributed by atoms with Crippen molar-refractivity contribution >= 4 is 12.0 Å². The van der Waals surface area contributed by atoms with Crippen LogP contribution in [-0.4, -0.2) is 64.4 Å². The highest BCUT2D eigenvalue weighted by Gasteiger charge is 2.35. The molecule has 4 rings (SSSR count). The van der Waals surface area contributed by atoms with Crippen molar-refractivity contribution in [1.29, 1.82) is 0 Å². The van der Waals surface area contributed by atoms with Crippen LogP contribution in [-0.2, 0) is 20.9 Å². The summed E-state index contributed by atoms with van der Waals surface area (Å²) in [6.07, 6.45) is 3.90. The first-order valence-electron chi connectivity index (χ1n) is 10.5. The molecule has 1 N–H and O–H groups in total. The van der Waals surface area contributed by atoms with E-state index in [0.29, 0.717) is 32.4 Å². The largest absolute Gasteiger partial charge is 0.445 e. The smallest absolute Gasteiger partial charge is 0.410 e. The predicted molar refractivity (Wildman–Crippen MR) is 111 cm³/mol. The molecule has 2 fully saturated rings. The average molecular weight is 425 g/mol. The number of carbonyl (C=O) groups is 2. The van der Waals surface area contributed by atoms with E-state index in [0.717, 1.165) is 11.3 Å². The second kappa shape index (κ2) is 9.84. The van der Waals surface area contributed by atoms with E-state index in [4.69, 9.17) is 9.47 Å². The highest BCUT2D eigenvalue weighted by molar-refractivity contribution is 5.77. The highest BCUT2D eigenvalue weighted by Crippen LogP contribution is 2.24. The van der Waals surface area contributed by atoms with Crippen LogP contribution in [0.4, 0.5) is 4.79 Å². The van der Waals surface area contributed by atoms with Crippen LogP contribution < -0.4 is 5.32 Å². The van der Waals surface area contributed by atoms with E-state index in [1.165, 1.54) is 6.33 Å². The number of carbonyl (C=O) groups excluding carboxylic acids is 2. The summed E-state index contributed by atoms with van der Waals surface area (Å²) in [5.74, 6) is -0.00529. The van der Waals surface area contributed by atoms with E-state index in [1.54, 1.807) is 29.1 Å². The third kappa shape index (κ3) is 5.36. The molecule has 2 aromatic rings. The molecule has 2 atom stereocenters. The molecule has 0 spiro atoms. The summed E-state index contributed by atoms with van der Waals surface area (Å²) in [5.41, 5.74) is 1.73. The van der Waals surface area contributed by atoms with Crippen LogP contribution in [0.1, 0.15) is 36.6 Å². The average Bonchev–Trinajstić information content (AvgIpc) is 2.82. The maximum atomic E-state index is 12.5. The molecule has 1 aromatic carbocycles. The van der Waals surface area contributed by atoms with E-state index >= 15 is 0 Å². The second-order valence-electron chi connectivity index (χ2n) is 7.78. The summed E-state index contributed by atoms with van der Waals surface area (Å²) in [4.78, 5) is 36.3. The van der Waals surface area contributed by atoms with Crippen LogP contribution >= 0.6 is 0 Å². The van der Waals surface area contributed by atoms with Gasteiger partial charge < -0.3 is 19.3 Å². The van der Waals surface area contributed by atoms with Crippen molar-refractivity contribution < 1.29 is 19.1 Å². The maximum Gasteiger partial charge on any atom is 0.410 e. The van der Waals surface area contributed by atoms with Crippen LogP contribution in [0.5, 0.6) is 0 Å². The van der Waals surface area contributed by atoms with Crippen molar-refractivity contribution in [2.75, 3.05) is 20.1 Å². The zero-order chi connectivity index (χ0) is 21.6. The fourth-order valence-corrected chi connectivity index (χ4v) is 3.79. The Labute approximate surface area is 181 Å². The minimum Gasteiger partial charge on any atom is -0.445 e. The van der Waals surface area contributed by atoms with Gasteiger partial charge in [0.2, 0.25) is 5.91 Å². The topological polar surface area (TPSA) is 96.9 Å². The molecular weight excluding hydrogens is 398 g/mol. The van der Waals surface area contributed by atoms with Crippen molar-refractivity contribution in [2.45, 2.75) is 44.4 Å². The summed E-state index contributed by atoms with van der Waals surface area (Å²) in [5, 5.41) is 3.36. The van der Waals surface area contributed by atoms with E-state index in [2.05, 4.69) is 15.3 Å². The third-order valence-corrected chi connectivity index (χ3v) is 5.66. The molecule has 0 radical (unpaired) electrons. The first-order chi connectivity index (χ1) is 15.1. The lowest BCUT2D eigenvalue weighted by Crippen LogP contribution is -2.56. The van der Waals surface area contributed by atoms with E-state index in [9.17, 15) is 9.59 Å². The van der Waals surface area contributed by atoms with Gasteiger partial charge in [-0.2, -0.15) is 0 Å². The number of hydrogen-bond acceptors (Lipinski definition) is 7. The van der Waals surface area contributed by atoms with Crippen LogP contribution in [0.15, 0.2) is 48.9 Å². The Morgan fingerprint density at radius 1 is 1.19 bits per heavy atom. The molecule has 0 aliphatic carbocycles. The van der Waals surface area contributed by atoms with E-state index in [1.807, 2.05) is 30.3 Å². The molecule has 2 aliphatic heterocycles. The Bertz CT molecular complexity index is 874. The van der Waals surface area contributed by atoms with Gasteiger partial charge in [0.25, 0.3) is 0 Å². The standard InChI is InChI=1S/C22H27N5O4/c1-26-20(28)13-19(18-7-10-23-15-24-18)25-21(26)31-17-8-11-27(12-9-17)22(29)30-14-16-5-3-2-4-6-16/h2-7,10,15,17,19,21,25H,8-9,11-14H2,1H3. The number of hydrogen-bond donors (Lipinski definition) is 1. The molecule has 164 valence electrons. The summed E-state index contributed by atoms with van der Waals surface area (Å²) >= 11 is 0. The predicted octanol–water partition coefficient (Wildman–Crippen LogP) is 2.07. The minimum atomic E-state index is -0.539. The SMILES string of the molecule is CN1C(=O)CC(c2ccncn2)NC1OC1CCN(C(=O)OCc2ccccc2)CC1. The van der Waals surface area contributed by atoms with E-state index < -0.39 is 6.35 Å². The molecule has 2 aliphatic rings. The van der Waals surface area contributed by atoms with Gasteiger partial charge in [0.15, 0.2) is 6.35 Å². The van der Waals surface area contributed by atoms with Gasteiger partial charge in [0, 0.05) is 32.8 Å². The fourth-order valence-electron chi connectivity index (χ4n) is 3.79. The number of rotatable bonds is 5. The zero-order valence-corrected chi connectivity index (χ0v) is 17.5. The lowest BCUT2D eigenvalue weighted by atomic mass is 10.1. The number of piperidine rings is 1. The van der Waals surface area contributed by atoms with Gasteiger partial charge in [0.1, 0.15) is 12.9 Å². The number of likely N-dealkylation sites (tertiary alicyclic amines) is 1. The lowest BCUT2D eigenvalue weighted by molar-refractivity contribution is -0.169. The second-order valence-corrected chi connectivity index (χ2v) is 7.78. The molecule has 2 amide bonds. The number of benzene rings is 1. The van der Waals surface area contributed by atoms with Gasteiger partial charge in [0.05, 0.1) is 17.8 Å². The zero-order valence-electron chi connectivity index (χ0n) is 17.5. The van der Waals surface area contributed by atoms with Gasteiger partial charge in [-0.25, -0.2) is 14.8 Å². The number of ether oxygens (including phenoxy) is 2. The summed E-state index contributed by atoms with van der Waals surface area (Å²) in [6.45, 7) is 1.37. The fraction of sp³-hybridized carbons (Fsp3) is 0.455. The first kappa shape index (κ1) is 21.2. The highest BCUT2D eigenvalue weighted by atomic mass is 16.6. The van der Waals surface area contributed by atoms with Crippen LogP contribution in [0, 0.1) is 0 Å². The molecule has 3 heterocycles. The van der Waals surface area contributed by atoms with Gasteiger partial charge >= 0.3 is 6.09 Å². The van der Waals surface area contributed by atoms with Crippen molar-refractivity contribution in [1.82, 2.24) is 25.1 Å². The molecule has 31 heavy (non-hydrogen) atoms. The Morgan fingerprint density at radius 2 is 1.97 bits per heavy atom. The Kier molecular flexibility index (Phi) is 6.73. The molecular formula is C22H27N5O4. The Hall–Kier alpha value is -3.04. The molecule has 1 aromatic heterocycles. The summed E-state index contributed by atoms with van der Waals surface area (Å²) < 4.78 is 11.6. The van der Waals surface area contributed by atoms with Crippen LogP contribution in [0.3, 0.4) is 0 Å². The van der Waals surface area contributed by atoms with Crippen LogP contribution in [0.25, 0.3) is 0 Å². The quantitative estimate of drug-likeness (QED) is 0.783. The van der Waals surface area contributed by atoms with Gasteiger partial charge in [-0.05, 0) is 24.5 Å².